The lowest BCUT2D eigenvalue weighted by molar-refractivity contribution is 0.540. The number of rotatable bonds is 4. The minimum atomic E-state index is 0.437. The first kappa shape index (κ1) is 13.7. The van der Waals surface area contributed by atoms with Crippen LogP contribution in [-0.4, -0.2) is 11.0 Å². The van der Waals surface area contributed by atoms with Crippen LogP contribution in [0.5, 0.6) is 0 Å². The first-order valence-electron chi connectivity index (χ1n) is 6.89. The van der Waals surface area contributed by atoms with Gasteiger partial charge in [-0.15, -0.1) is 0 Å². The summed E-state index contributed by atoms with van der Waals surface area (Å²) in [5.74, 6) is 0.682. The van der Waals surface area contributed by atoms with Gasteiger partial charge in [-0.2, -0.15) is 0 Å². The zero-order valence-electron chi connectivity index (χ0n) is 12.2. The molecular weight excluding hydrogens is 234 g/mol. The van der Waals surface area contributed by atoms with Gasteiger partial charge in [0.05, 0.1) is 5.52 Å². The Hall–Kier alpha value is -1.77. The summed E-state index contributed by atoms with van der Waals surface area (Å²) in [5, 5.41) is 4.69. The molecule has 1 heterocycles. The number of nitrogens with one attached hydrogen (secondary N) is 1. The lowest BCUT2D eigenvalue weighted by Gasteiger charge is -2.19. The molecule has 0 aliphatic heterocycles. The van der Waals surface area contributed by atoms with Crippen molar-refractivity contribution in [3.63, 3.8) is 0 Å². The van der Waals surface area contributed by atoms with E-state index in [1.807, 2.05) is 25.1 Å². The fourth-order valence-corrected chi connectivity index (χ4v) is 2.53. The average molecular weight is 257 g/mol. The fraction of sp³-hybridized carbons (Fsp3) is 0.438. The van der Waals surface area contributed by atoms with Gasteiger partial charge in [-0.3, -0.25) is 4.98 Å². The van der Waals surface area contributed by atoms with Crippen molar-refractivity contribution in [1.82, 2.24) is 4.98 Å². The van der Waals surface area contributed by atoms with Crippen LogP contribution in [0.15, 0.2) is 24.3 Å². The van der Waals surface area contributed by atoms with Gasteiger partial charge in [0, 0.05) is 28.5 Å². The number of hydrogen-bond donors (Lipinski definition) is 2. The number of aromatic nitrogens is 1. The Morgan fingerprint density at radius 3 is 2.63 bits per heavy atom. The molecule has 0 radical (unpaired) electrons. The Balaban J connectivity index is 2.38. The van der Waals surface area contributed by atoms with Crippen LogP contribution in [-0.2, 0) is 0 Å². The predicted octanol–water partition coefficient (Wildman–Crippen LogP) is 3.97. The van der Waals surface area contributed by atoms with Crippen LogP contribution in [0.25, 0.3) is 10.9 Å². The lowest BCUT2D eigenvalue weighted by atomic mass is 10.0. The molecule has 1 atom stereocenters. The van der Waals surface area contributed by atoms with Gasteiger partial charge in [0.15, 0.2) is 0 Å². The van der Waals surface area contributed by atoms with Gasteiger partial charge in [0.2, 0.25) is 0 Å². The van der Waals surface area contributed by atoms with Gasteiger partial charge in [-0.05, 0) is 50.5 Å². The van der Waals surface area contributed by atoms with Gasteiger partial charge >= 0.3 is 0 Å². The first-order chi connectivity index (χ1) is 8.95. The Labute approximate surface area is 115 Å². The highest BCUT2D eigenvalue weighted by Crippen LogP contribution is 2.26. The number of hydrogen-bond acceptors (Lipinski definition) is 3. The van der Waals surface area contributed by atoms with Crippen molar-refractivity contribution in [2.75, 3.05) is 11.1 Å². The molecule has 0 bridgehead atoms. The van der Waals surface area contributed by atoms with Crippen molar-refractivity contribution in [1.29, 1.82) is 0 Å². The van der Waals surface area contributed by atoms with E-state index >= 15 is 0 Å². The fourth-order valence-electron chi connectivity index (χ4n) is 2.53. The van der Waals surface area contributed by atoms with E-state index in [0.717, 1.165) is 34.4 Å². The molecule has 0 saturated heterocycles. The van der Waals surface area contributed by atoms with Crippen molar-refractivity contribution < 1.29 is 0 Å². The normalized spacial score (nSPS) is 12.9. The molecule has 3 N–H and O–H groups in total. The predicted molar refractivity (Wildman–Crippen MR) is 83.4 cm³/mol. The van der Waals surface area contributed by atoms with Crippen molar-refractivity contribution >= 4 is 22.3 Å². The second-order valence-corrected chi connectivity index (χ2v) is 5.76. The third-order valence-corrected chi connectivity index (χ3v) is 3.19. The largest absolute Gasteiger partial charge is 0.399 e. The summed E-state index contributed by atoms with van der Waals surface area (Å²) < 4.78 is 0. The van der Waals surface area contributed by atoms with E-state index in [4.69, 9.17) is 5.73 Å². The van der Waals surface area contributed by atoms with E-state index < -0.39 is 0 Å². The zero-order valence-corrected chi connectivity index (χ0v) is 12.2. The highest BCUT2D eigenvalue weighted by Gasteiger charge is 2.09. The molecule has 0 aliphatic rings. The van der Waals surface area contributed by atoms with Crippen molar-refractivity contribution in [2.24, 2.45) is 5.92 Å². The molecule has 0 saturated carbocycles. The third-order valence-electron chi connectivity index (χ3n) is 3.19. The van der Waals surface area contributed by atoms with Crippen LogP contribution in [0.1, 0.15) is 32.9 Å². The van der Waals surface area contributed by atoms with Crippen LogP contribution in [0, 0.1) is 12.8 Å². The molecular formula is C16H23N3. The van der Waals surface area contributed by atoms with Gasteiger partial charge in [0.1, 0.15) is 0 Å². The number of nitrogen functional groups attached to an aromatic ring is 1. The van der Waals surface area contributed by atoms with Crippen LogP contribution in [0.3, 0.4) is 0 Å². The molecule has 3 heteroatoms. The second kappa shape index (κ2) is 5.47. The number of pyridine rings is 1. The summed E-state index contributed by atoms with van der Waals surface area (Å²) >= 11 is 0. The number of aryl methyl sites for hydroxylation is 1. The van der Waals surface area contributed by atoms with Crippen molar-refractivity contribution in [3.8, 4) is 0 Å². The van der Waals surface area contributed by atoms with Crippen LogP contribution in [0.4, 0.5) is 11.4 Å². The maximum Gasteiger partial charge on any atom is 0.0727 e. The molecule has 0 amide bonds. The zero-order chi connectivity index (χ0) is 14.0. The second-order valence-electron chi connectivity index (χ2n) is 5.76. The SMILES string of the molecule is Cc1cc(NC(C)CC(C)C)c2cc(N)ccc2n1. The highest BCUT2D eigenvalue weighted by atomic mass is 14.9. The quantitative estimate of drug-likeness (QED) is 0.815. The molecule has 102 valence electrons. The molecule has 0 fully saturated rings. The van der Waals surface area contributed by atoms with E-state index in [0.29, 0.717) is 12.0 Å². The van der Waals surface area contributed by atoms with E-state index in [9.17, 15) is 0 Å². The van der Waals surface area contributed by atoms with Gasteiger partial charge < -0.3 is 11.1 Å². The summed E-state index contributed by atoms with van der Waals surface area (Å²) in [6.07, 6.45) is 1.14. The topological polar surface area (TPSA) is 50.9 Å². The Kier molecular flexibility index (Phi) is 3.93. The van der Waals surface area contributed by atoms with Crippen LogP contribution < -0.4 is 11.1 Å². The summed E-state index contributed by atoms with van der Waals surface area (Å²) in [4.78, 5) is 4.55. The highest BCUT2D eigenvalue weighted by molar-refractivity contribution is 5.93. The first-order valence-corrected chi connectivity index (χ1v) is 6.89. The molecule has 0 spiro atoms. The van der Waals surface area contributed by atoms with Gasteiger partial charge in [0.25, 0.3) is 0 Å². The average Bonchev–Trinajstić information content (AvgIpc) is 2.28. The monoisotopic (exact) mass is 257 g/mol. The lowest BCUT2D eigenvalue weighted by Crippen LogP contribution is -2.17. The number of benzene rings is 1. The molecule has 2 aromatic rings. The maximum atomic E-state index is 5.89. The summed E-state index contributed by atoms with van der Waals surface area (Å²) in [5.41, 5.74) is 9.81. The molecule has 0 aliphatic carbocycles. The molecule has 1 unspecified atom stereocenters. The number of fused-ring (bicyclic) bond motifs is 1. The van der Waals surface area contributed by atoms with E-state index in [-0.39, 0.29) is 0 Å². The molecule has 1 aromatic carbocycles. The number of anilines is 2. The minimum absolute atomic E-state index is 0.437. The van der Waals surface area contributed by atoms with E-state index in [1.165, 1.54) is 0 Å². The molecule has 3 nitrogen and oxygen atoms in total. The Bertz CT molecular complexity index is 575. The number of nitrogens with two attached hydrogens (primary N) is 1. The van der Waals surface area contributed by atoms with Gasteiger partial charge in [-0.25, -0.2) is 0 Å². The van der Waals surface area contributed by atoms with Crippen LogP contribution >= 0.6 is 0 Å². The number of nitrogens with zero attached hydrogens (tertiary/aromatic N) is 1. The standard InChI is InChI=1S/C16H23N3/c1-10(2)7-11(3)19-16-8-12(4)18-15-6-5-13(17)9-14(15)16/h5-6,8-11H,7,17H2,1-4H3,(H,18,19). The van der Waals surface area contributed by atoms with Gasteiger partial charge in [-0.1, -0.05) is 13.8 Å². The molecule has 2 rings (SSSR count). The van der Waals surface area contributed by atoms with E-state index in [1.54, 1.807) is 0 Å². The summed E-state index contributed by atoms with van der Waals surface area (Å²) in [6.45, 7) is 8.72. The van der Waals surface area contributed by atoms with Crippen molar-refractivity contribution in [2.45, 2.75) is 40.2 Å². The maximum absolute atomic E-state index is 5.89. The summed E-state index contributed by atoms with van der Waals surface area (Å²) in [6, 6.07) is 8.41. The smallest absolute Gasteiger partial charge is 0.0727 e. The minimum Gasteiger partial charge on any atom is -0.399 e. The summed E-state index contributed by atoms with van der Waals surface area (Å²) in [7, 11) is 0. The van der Waals surface area contributed by atoms with Crippen LogP contribution in [0.2, 0.25) is 0 Å². The molecule has 1 aromatic heterocycles. The Morgan fingerprint density at radius 2 is 1.95 bits per heavy atom. The van der Waals surface area contributed by atoms with E-state index in [2.05, 4.69) is 37.1 Å². The third kappa shape index (κ3) is 3.37. The van der Waals surface area contributed by atoms with Crippen molar-refractivity contribution in [3.05, 3.63) is 30.0 Å². The Morgan fingerprint density at radius 1 is 1.21 bits per heavy atom. The molecule has 19 heavy (non-hydrogen) atoms.